The van der Waals surface area contributed by atoms with E-state index in [0.29, 0.717) is 30.5 Å². The summed E-state index contributed by atoms with van der Waals surface area (Å²) in [5.74, 6) is 1.14. The molecule has 8 nitrogen and oxygen atoms in total. The standard InChI is InChI=1S/C21H28N4O4S/c1-15(2)13-29-21(27)23-20-22-16(14-30-20)12-19(26)25-10-8-24(9-11-25)17-6-4-5-7-18(17)28-3/h4-7,14-15H,8-13H2,1-3H3,(H,22,23,27). The largest absolute Gasteiger partial charge is 0.495 e. The lowest BCUT2D eigenvalue weighted by Crippen LogP contribution is -2.49. The zero-order valence-corrected chi connectivity index (χ0v) is 18.4. The number of hydrogen-bond acceptors (Lipinski definition) is 7. The Bertz CT molecular complexity index is 862. The first-order valence-corrected chi connectivity index (χ1v) is 10.9. The van der Waals surface area contributed by atoms with Gasteiger partial charge in [-0.15, -0.1) is 11.3 Å². The number of aromatic nitrogens is 1. The molecule has 0 saturated carbocycles. The molecule has 1 aliphatic heterocycles. The van der Waals surface area contributed by atoms with Crippen LogP contribution in [-0.4, -0.2) is 61.8 Å². The average Bonchev–Trinajstić information content (AvgIpc) is 3.18. The van der Waals surface area contributed by atoms with Crippen LogP contribution in [0.1, 0.15) is 19.5 Å². The number of anilines is 2. The van der Waals surface area contributed by atoms with Gasteiger partial charge in [0.25, 0.3) is 0 Å². The third-order valence-electron chi connectivity index (χ3n) is 4.70. The molecule has 0 unspecified atom stereocenters. The van der Waals surface area contributed by atoms with Gasteiger partial charge in [0.15, 0.2) is 5.13 Å². The molecule has 2 amide bonds. The van der Waals surface area contributed by atoms with Crippen molar-refractivity contribution in [2.24, 2.45) is 5.92 Å². The van der Waals surface area contributed by atoms with Gasteiger partial charge in [-0.3, -0.25) is 10.1 Å². The number of para-hydroxylation sites is 2. The number of thiazole rings is 1. The lowest BCUT2D eigenvalue weighted by Gasteiger charge is -2.36. The third kappa shape index (κ3) is 5.85. The first kappa shape index (κ1) is 21.9. The van der Waals surface area contributed by atoms with Gasteiger partial charge >= 0.3 is 6.09 Å². The number of methoxy groups -OCH3 is 1. The molecule has 2 aromatic rings. The van der Waals surface area contributed by atoms with Crippen molar-refractivity contribution in [3.63, 3.8) is 0 Å². The number of benzene rings is 1. The second-order valence-corrected chi connectivity index (χ2v) is 8.34. The fourth-order valence-corrected chi connectivity index (χ4v) is 3.86. The molecule has 30 heavy (non-hydrogen) atoms. The second-order valence-electron chi connectivity index (χ2n) is 7.48. The predicted octanol–water partition coefficient (Wildman–Crippen LogP) is 3.25. The molecule has 1 fully saturated rings. The fourth-order valence-electron chi connectivity index (χ4n) is 3.17. The summed E-state index contributed by atoms with van der Waals surface area (Å²) in [6.07, 6.45) is -0.308. The van der Waals surface area contributed by atoms with E-state index >= 15 is 0 Å². The third-order valence-corrected chi connectivity index (χ3v) is 5.51. The minimum atomic E-state index is -0.525. The van der Waals surface area contributed by atoms with E-state index in [1.165, 1.54) is 11.3 Å². The first-order chi connectivity index (χ1) is 14.5. The molecule has 0 spiro atoms. The minimum absolute atomic E-state index is 0.0360. The van der Waals surface area contributed by atoms with Gasteiger partial charge in [0.2, 0.25) is 5.91 Å². The molecule has 1 aromatic carbocycles. The van der Waals surface area contributed by atoms with Crippen molar-refractivity contribution in [3.8, 4) is 5.75 Å². The minimum Gasteiger partial charge on any atom is -0.495 e. The summed E-state index contributed by atoms with van der Waals surface area (Å²) in [4.78, 5) is 32.8. The van der Waals surface area contributed by atoms with Gasteiger partial charge in [-0.1, -0.05) is 26.0 Å². The number of piperazine rings is 1. The number of nitrogens with one attached hydrogen (secondary N) is 1. The van der Waals surface area contributed by atoms with Crippen LogP contribution < -0.4 is 15.0 Å². The molecular weight excluding hydrogens is 404 g/mol. The molecule has 0 radical (unpaired) electrons. The Kier molecular flexibility index (Phi) is 7.51. The summed E-state index contributed by atoms with van der Waals surface area (Å²) in [5.41, 5.74) is 1.70. The van der Waals surface area contributed by atoms with Gasteiger partial charge < -0.3 is 19.3 Å². The lowest BCUT2D eigenvalue weighted by atomic mass is 10.2. The average molecular weight is 433 g/mol. The van der Waals surface area contributed by atoms with Crippen molar-refractivity contribution in [1.29, 1.82) is 0 Å². The molecule has 2 heterocycles. The van der Waals surface area contributed by atoms with Gasteiger partial charge in [-0.05, 0) is 18.1 Å². The van der Waals surface area contributed by atoms with Gasteiger partial charge in [-0.25, -0.2) is 9.78 Å². The van der Waals surface area contributed by atoms with E-state index in [2.05, 4.69) is 15.2 Å². The monoisotopic (exact) mass is 432 g/mol. The molecule has 1 aromatic heterocycles. The molecule has 1 N–H and O–H groups in total. The Hall–Kier alpha value is -2.81. The highest BCUT2D eigenvalue weighted by Gasteiger charge is 2.23. The van der Waals surface area contributed by atoms with E-state index in [4.69, 9.17) is 9.47 Å². The van der Waals surface area contributed by atoms with Crippen LogP contribution in [0.25, 0.3) is 0 Å². The van der Waals surface area contributed by atoms with E-state index in [-0.39, 0.29) is 18.2 Å². The number of rotatable bonds is 7. The van der Waals surface area contributed by atoms with Crippen molar-refractivity contribution in [2.45, 2.75) is 20.3 Å². The SMILES string of the molecule is COc1ccccc1N1CCN(C(=O)Cc2csc(NC(=O)OCC(C)C)n2)CC1. The van der Waals surface area contributed by atoms with Crippen LogP contribution in [0.4, 0.5) is 15.6 Å². The fraction of sp³-hybridized carbons (Fsp3) is 0.476. The molecule has 3 rings (SSSR count). The van der Waals surface area contributed by atoms with Gasteiger partial charge in [0, 0.05) is 31.6 Å². The molecule has 0 atom stereocenters. The van der Waals surface area contributed by atoms with E-state index in [0.717, 1.165) is 24.5 Å². The van der Waals surface area contributed by atoms with Crippen molar-refractivity contribution in [3.05, 3.63) is 35.3 Å². The van der Waals surface area contributed by atoms with Gasteiger partial charge in [0.05, 0.1) is 31.5 Å². The highest BCUT2D eigenvalue weighted by atomic mass is 32.1. The van der Waals surface area contributed by atoms with Crippen LogP contribution in [0.5, 0.6) is 5.75 Å². The molecule has 0 bridgehead atoms. The highest BCUT2D eigenvalue weighted by molar-refractivity contribution is 7.13. The topological polar surface area (TPSA) is 84.0 Å². The van der Waals surface area contributed by atoms with Crippen LogP contribution in [0, 0.1) is 5.92 Å². The van der Waals surface area contributed by atoms with E-state index in [1.54, 1.807) is 12.5 Å². The molecule has 1 saturated heterocycles. The predicted molar refractivity (Wildman–Crippen MR) is 117 cm³/mol. The summed E-state index contributed by atoms with van der Waals surface area (Å²) < 4.78 is 10.5. The van der Waals surface area contributed by atoms with Crippen LogP contribution >= 0.6 is 11.3 Å². The summed E-state index contributed by atoms with van der Waals surface area (Å²) in [6, 6.07) is 7.91. The Morgan fingerprint density at radius 3 is 2.63 bits per heavy atom. The number of hydrogen-bond donors (Lipinski definition) is 1. The molecule has 0 aliphatic carbocycles. The second kappa shape index (κ2) is 10.3. The maximum Gasteiger partial charge on any atom is 0.413 e. The van der Waals surface area contributed by atoms with Gasteiger partial charge in [0.1, 0.15) is 5.75 Å². The molecule has 1 aliphatic rings. The van der Waals surface area contributed by atoms with E-state index in [9.17, 15) is 9.59 Å². The molecule has 162 valence electrons. The zero-order chi connectivity index (χ0) is 21.5. The van der Waals surface area contributed by atoms with E-state index in [1.807, 2.05) is 43.0 Å². The quantitative estimate of drug-likeness (QED) is 0.723. The normalized spacial score (nSPS) is 14.0. The molecular formula is C21H28N4O4S. The Labute approximate surface area is 180 Å². The maximum atomic E-state index is 12.7. The number of ether oxygens (including phenoxy) is 2. The van der Waals surface area contributed by atoms with Crippen LogP contribution in [0.15, 0.2) is 29.6 Å². The zero-order valence-electron chi connectivity index (χ0n) is 17.6. The summed E-state index contributed by atoms with van der Waals surface area (Å²) in [6.45, 7) is 7.08. The Morgan fingerprint density at radius 1 is 1.20 bits per heavy atom. The number of nitrogens with zero attached hydrogens (tertiary/aromatic N) is 3. The number of carbonyl (C=O) groups is 2. The Morgan fingerprint density at radius 2 is 1.93 bits per heavy atom. The number of carbonyl (C=O) groups excluding carboxylic acids is 2. The highest BCUT2D eigenvalue weighted by Crippen LogP contribution is 2.28. The van der Waals surface area contributed by atoms with Crippen molar-refractivity contribution < 1.29 is 19.1 Å². The van der Waals surface area contributed by atoms with E-state index < -0.39 is 6.09 Å². The summed E-state index contributed by atoms with van der Waals surface area (Å²) in [5, 5.41) is 4.84. The lowest BCUT2D eigenvalue weighted by molar-refractivity contribution is -0.130. The maximum absolute atomic E-state index is 12.7. The van der Waals surface area contributed by atoms with Crippen LogP contribution in [-0.2, 0) is 16.0 Å². The Balaban J connectivity index is 1.48. The van der Waals surface area contributed by atoms with Crippen LogP contribution in [0.2, 0.25) is 0 Å². The van der Waals surface area contributed by atoms with Crippen LogP contribution in [0.3, 0.4) is 0 Å². The summed E-state index contributed by atoms with van der Waals surface area (Å²) >= 11 is 1.29. The molecule has 9 heteroatoms. The van der Waals surface area contributed by atoms with Crippen molar-refractivity contribution in [1.82, 2.24) is 9.88 Å². The van der Waals surface area contributed by atoms with Crippen molar-refractivity contribution >= 4 is 34.2 Å². The van der Waals surface area contributed by atoms with Crippen molar-refractivity contribution in [2.75, 3.05) is 50.1 Å². The smallest absolute Gasteiger partial charge is 0.413 e. The summed E-state index contributed by atoms with van der Waals surface area (Å²) in [7, 11) is 1.67. The number of amides is 2. The van der Waals surface area contributed by atoms with Gasteiger partial charge in [-0.2, -0.15) is 0 Å². The first-order valence-electron chi connectivity index (χ1n) is 10.00.